The average Bonchev–Trinajstić information content (AvgIpc) is 3.47. The van der Waals surface area contributed by atoms with E-state index in [2.05, 4.69) is 30.9 Å². The number of para-hydroxylation sites is 1. The van der Waals surface area contributed by atoms with Gasteiger partial charge in [-0.05, 0) is 34.2 Å². The van der Waals surface area contributed by atoms with Gasteiger partial charge in [0.15, 0.2) is 0 Å². The first-order chi connectivity index (χ1) is 14.6. The van der Waals surface area contributed by atoms with E-state index < -0.39 is 23.8 Å². The van der Waals surface area contributed by atoms with Crippen molar-refractivity contribution in [3.63, 3.8) is 0 Å². The van der Waals surface area contributed by atoms with Crippen molar-refractivity contribution in [2.75, 3.05) is 5.32 Å². The molecule has 5 rings (SSSR count). The monoisotopic (exact) mass is 401 g/mol. The minimum absolute atomic E-state index is 0.0283. The fraction of sp³-hybridized carbons (Fsp3) is 0.100. The zero-order valence-electron chi connectivity index (χ0n) is 15.5. The quantitative estimate of drug-likeness (QED) is 0.434. The molecule has 0 bridgehead atoms. The Labute approximate surface area is 169 Å². The number of amides is 3. The predicted molar refractivity (Wildman–Crippen MR) is 106 cm³/mol. The summed E-state index contributed by atoms with van der Waals surface area (Å²) < 4.78 is 0. The maximum Gasteiger partial charge on any atom is 0.262 e. The number of tetrazole rings is 1. The van der Waals surface area contributed by atoms with Crippen molar-refractivity contribution < 1.29 is 14.4 Å². The molecule has 2 aromatic heterocycles. The normalized spacial score (nSPS) is 14.2. The summed E-state index contributed by atoms with van der Waals surface area (Å²) in [4.78, 5) is 43.3. The van der Waals surface area contributed by atoms with Crippen molar-refractivity contribution in [3.8, 4) is 0 Å². The van der Waals surface area contributed by atoms with Gasteiger partial charge in [0.25, 0.3) is 11.8 Å². The molecular weight excluding hydrogens is 386 g/mol. The van der Waals surface area contributed by atoms with Gasteiger partial charge in [0, 0.05) is 23.5 Å². The van der Waals surface area contributed by atoms with E-state index in [1.807, 2.05) is 24.3 Å². The van der Waals surface area contributed by atoms with Gasteiger partial charge in [-0.25, -0.2) is 5.10 Å². The maximum atomic E-state index is 13.1. The standard InChI is InChI=1S/C20H15N7O3/c28-17(22-20-23-25-26-24-20)16(9-11-10-21-15-8-4-3-5-12(11)15)27-18(29)13-6-1-2-7-14(13)19(27)30/h1-8,10,16,21H,9H2,(H2,22,23,24,25,26,28). The molecule has 0 spiro atoms. The Morgan fingerprint density at radius 2 is 1.73 bits per heavy atom. The Morgan fingerprint density at radius 1 is 1.03 bits per heavy atom. The molecule has 30 heavy (non-hydrogen) atoms. The highest BCUT2D eigenvalue weighted by Gasteiger charge is 2.43. The van der Waals surface area contributed by atoms with Gasteiger partial charge >= 0.3 is 0 Å². The molecule has 1 aliphatic heterocycles. The van der Waals surface area contributed by atoms with Crippen LogP contribution in [0.1, 0.15) is 26.3 Å². The molecular formula is C20H15N7O3. The Bertz CT molecular complexity index is 1240. The molecule has 0 radical (unpaired) electrons. The van der Waals surface area contributed by atoms with Crippen LogP contribution in [0.15, 0.2) is 54.7 Å². The number of hydrogen-bond donors (Lipinski definition) is 3. The lowest BCUT2D eigenvalue weighted by Crippen LogP contribution is -2.48. The maximum absolute atomic E-state index is 13.1. The van der Waals surface area contributed by atoms with E-state index in [1.54, 1.807) is 30.5 Å². The second-order valence-corrected chi connectivity index (χ2v) is 6.84. The van der Waals surface area contributed by atoms with Gasteiger partial charge in [0.05, 0.1) is 11.1 Å². The molecule has 2 aromatic carbocycles. The van der Waals surface area contributed by atoms with Crippen LogP contribution in [0.4, 0.5) is 5.95 Å². The summed E-state index contributed by atoms with van der Waals surface area (Å²) in [6, 6.07) is 13.0. The summed E-state index contributed by atoms with van der Waals surface area (Å²) in [6.45, 7) is 0. The Balaban J connectivity index is 1.54. The molecule has 0 fully saturated rings. The highest BCUT2D eigenvalue weighted by Crippen LogP contribution is 2.28. The molecule has 1 unspecified atom stereocenters. The number of anilines is 1. The van der Waals surface area contributed by atoms with Crippen LogP contribution in [0.2, 0.25) is 0 Å². The summed E-state index contributed by atoms with van der Waals surface area (Å²) >= 11 is 0. The van der Waals surface area contributed by atoms with E-state index in [0.717, 1.165) is 21.4 Å². The van der Waals surface area contributed by atoms with Gasteiger partial charge in [0.2, 0.25) is 11.9 Å². The van der Waals surface area contributed by atoms with Crippen LogP contribution in [0.5, 0.6) is 0 Å². The lowest BCUT2D eigenvalue weighted by molar-refractivity contribution is -0.120. The number of nitrogens with one attached hydrogen (secondary N) is 3. The number of carbonyl (C=O) groups is 3. The third-order valence-electron chi connectivity index (χ3n) is 5.11. The van der Waals surface area contributed by atoms with Crippen LogP contribution in [0, 0.1) is 0 Å². The van der Waals surface area contributed by atoms with Crippen LogP contribution in [-0.2, 0) is 11.2 Å². The van der Waals surface area contributed by atoms with Crippen LogP contribution >= 0.6 is 0 Å². The molecule has 1 aliphatic rings. The predicted octanol–water partition coefficient (Wildman–Crippen LogP) is 1.53. The van der Waals surface area contributed by atoms with Crippen molar-refractivity contribution in [2.45, 2.75) is 12.5 Å². The molecule has 148 valence electrons. The molecule has 0 saturated heterocycles. The summed E-state index contributed by atoms with van der Waals surface area (Å²) in [5.41, 5.74) is 2.26. The number of rotatable bonds is 5. The summed E-state index contributed by atoms with van der Waals surface area (Å²) in [6.07, 6.45) is 1.90. The topological polar surface area (TPSA) is 137 Å². The number of imide groups is 1. The zero-order valence-corrected chi connectivity index (χ0v) is 15.5. The van der Waals surface area contributed by atoms with Crippen molar-refractivity contribution in [2.24, 2.45) is 0 Å². The van der Waals surface area contributed by atoms with Gasteiger partial charge < -0.3 is 4.98 Å². The minimum Gasteiger partial charge on any atom is -0.361 e. The Hall–Kier alpha value is -4.34. The molecule has 10 heteroatoms. The molecule has 10 nitrogen and oxygen atoms in total. The van der Waals surface area contributed by atoms with Gasteiger partial charge in [-0.1, -0.05) is 35.4 Å². The number of carbonyl (C=O) groups excluding carboxylic acids is 3. The second-order valence-electron chi connectivity index (χ2n) is 6.84. The van der Waals surface area contributed by atoms with Crippen molar-refractivity contribution in [1.82, 2.24) is 30.5 Å². The van der Waals surface area contributed by atoms with E-state index in [-0.39, 0.29) is 23.5 Å². The van der Waals surface area contributed by atoms with E-state index >= 15 is 0 Å². The average molecular weight is 401 g/mol. The van der Waals surface area contributed by atoms with Crippen molar-refractivity contribution in [1.29, 1.82) is 0 Å². The van der Waals surface area contributed by atoms with Crippen molar-refractivity contribution >= 4 is 34.6 Å². The van der Waals surface area contributed by atoms with Crippen LogP contribution in [0.3, 0.4) is 0 Å². The van der Waals surface area contributed by atoms with Gasteiger partial charge in [-0.3, -0.25) is 24.6 Å². The van der Waals surface area contributed by atoms with E-state index in [0.29, 0.717) is 0 Å². The number of aromatic nitrogens is 5. The minimum atomic E-state index is -1.10. The molecule has 1 atom stereocenters. The van der Waals surface area contributed by atoms with Crippen molar-refractivity contribution in [3.05, 3.63) is 71.4 Å². The lowest BCUT2D eigenvalue weighted by Gasteiger charge is -2.24. The number of benzene rings is 2. The van der Waals surface area contributed by atoms with Crippen LogP contribution in [0.25, 0.3) is 10.9 Å². The number of nitrogens with zero attached hydrogens (tertiary/aromatic N) is 4. The molecule has 3 heterocycles. The van der Waals surface area contributed by atoms with E-state index in [4.69, 9.17) is 0 Å². The van der Waals surface area contributed by atoms with Crippen LogP contribution < -0.4 is 5.32 Å². The first kappa shape index (κ1) is 17.7. The number of aromatic amines is 2. The third-order valence-corrected chi connectivity index (χ3v) is 5.11. The third kappa shape index (κ3) is 2.82. The zero-order chi connectivity index (χ0) is 20.7. The first-order valence-corrected chi connectivity index (χ1v) is 9.20. The SMILES string of the molecule is O=C(Nc1nnn[nH]1)C(Cc1c[nH]c2ccccc12)N1C(=O)c2ccccc2C1=O. The molecule has 3 amide bonds. The van der Waals surface area contributed by atoms with Crippen LogP contribution in [-0.4, -0.2) is 54.3 Å². The Morgan fingerprint density at radius 3 is 2.43 bits per heavy atom. The van der Waals surface area contributed by atoms with Gasteiger partial charge in [-0.2, -0.15) is 0 Å². The molecule has 3 N–H and O–H groups in total. The van der Waals surface area contributed by atoms with Gasteiger partial charge in [0.1, 0.15) is 6.04 Å². The lowest BCUT2D eigenvalue weighted by atomic mass is 10.0. The molecule has 0 saturated carbocycles. The van der Waals surface area contributed by atoms with E-state index in [9.17, 15) is 14.4 Å². The van der Waals surface area contributed by atoms with Gasteiger partial charge in [-0.15, -0.1) is 0 Å². The largest absolute Gasteiger partial charge is 0.361 e. The molecule has 4 aromatic rings. The highest BCUT2D eigenvalue weighted by molar-refractivity contribution is 6.23. The van der Waals surface area contributed by atoms with E-state index in [1.165, 1.54) is 0 Å². The highest BCUT2D eigenvalue weighted by atomic mass is 16.2. The smallest absolute Gasteiger partial charge is 0.262 e. The summed E-state index contributed by atoms with van der Waals surface area (Å²) in [7, 11) is 0. The fourth-order valence-corrected chi connectivity index (χ4v) is 3.71. The summed E-state index contributed by atoms with van der Waals surface area (Å²) in [5, 5.41) is 16.4. The second kappa shape index (κ2) is 6.92. The number of fused-ring (bicyclic) bond motifs is 2. The Kier molecular flexibility index (Phi) is 4.09. The molecule has 0 aliphatic carbocycles. The fourth-order valence-electron chi connectivity index (χ4n) is 3.71. The summed E-state index contributed by atoms with van der Waals surface area (Å²) in [5.74, 6) is -1.56. The number of H-pyrrole nitrogens is 2. The number of hydrogen-bond acceptors (Lipinski definition) is 6. The first-order valence-electron chi connectivity index (χ1n) is 9.20.